The van der Waals surface area contributed by atoms with Crippen molar-refractivity contribution in [3.8, 4) is 0 Å². The van der Waals surface area contributed by atoms with E-state index in [1.54, 1.807) is 12.4 Å². The molecule has 0 saturated carbocycles. The van der Waals surface area contributed by atoms with Gasteiger partial charge in [-0.3, -0.25) is 14.8 Å². The standard InChI is InChI=1S/C23H23N3O.C15H14N4O/c1-13-4-6-17(15(3)8-13)21(27)11-16-10-19-18-7-5-14(2)9-20(18)26-23(24)22(19)25-12-16;1-8-3-4-11-12-6-10(18-9(2)20)7-17-14(12)15(16)19-13(11)5-8/h4-10,12,21,27H,11H2,1-3H3,(H2,24,26);3-7H,1-2H3,(H2,16,19)(H,18,20). The first-order valence-electron chi connectivity index (χ1n) is 15.4. The number of aliphatic hydroxyl groups is 1. The number of amides is 1. The van der Waals surface area contributed by atoms with Crippen LogP contribution in [-0.4, -0.2) is 30.9 Å². The SMILES string of the molecule is CC(=O)Nc1cnc2c(N)nc3cc(C)ccc3c2c1.Cc1ccc(C(O)Cc2cnc3c(N)nc4cc(C)ccc4c3c2)c(C)c1. The van der Waals surface area contributed by atoms with E-state index in [1.807, 2.05) is 63.2 Å². The van der Waals surface area contributed by atoms with Crippen LogP contribution in [0.3, 0.4) is 0 Å². The number of pyridine rings is 4. The summed E-state index contributed by atoms with van der Waals surface area (Å²) in [5.74, 6) is 0.699. The Labute approximate surface area is 272 Å². The molecule has 0 aliphatic carbocycles. The highest BCUT2D eigenvalue weighted by Gasteiger charge is 2.14. The van der Waals surface area contributed by atoms with Crippen molar-refractivity contribution >= 4 is 66.8 Å². The molecule has 47 heavy (non-hydrogen) atoms. The number of hydrogen-bond donors (Lipinski definition) is 4. The smallest absolute Gasteiger partial charge is 0.221 e. The number of aliphatic hydroxyl groups excluding tert-OH is 1. The number of aryl methyl sites for hydroxylation is 4. The molecule has 7 aromatic rings. The Morgan fingerprint density at radius 2 is 1.26 bits per heavy atom. The topological polar surface area (TPSA) is 153 Å². The second-order valence-corrected chi connectivity index (χ2v) is 12.2. The van der Waals surface area contributed by atoms with E-state index in [0.29, 0.717) is 34.8 Å². The molecule has 1 unspecified atom stereocenters. The molecule has 0 fully saturated rings. The summed E-state index contributed by atoms with van der Waals surface area (Å²) < 4.78 is 0. The lowest BCUT2D eigenvalue weighted by Gasteiger charge is -2.15. The van der Waals surface area contributed by atoms with E-state index in [9.17, 15) is 9.90 Å². The molecule has 0 spiro atoms. The highest BCUT2D eigenvalue weighted by Crippen LogP contribution is 2.31. The van der Waals surface area contributed by atoms with E-state index in [2.05, 4.69) is 56.4 Å². The monoisotopic (exact) mass is 623 g/mol. The van der Waals surface area contributed by atoms with E-state index in [1.165, 1.54) is 12.5 Å². The lowest BCUT2D eigenvalue weighted by Crippen LogP contribution is -2.06. The van der Waals surface area contributed by atoms with Crippen LogP contribution in [0.1, 0.15) is 46.4 Å². The van der Waals surface area contributed by atoms with Crippen molar-refractivity contribution in [2.45, 2.75) is 47.1 Å². The molecule has 7 rings (SSSR count). The summed E-state index contributed by atoms with van der Waals surface area (Å²) in [5, 5.41) is 17.3. The zero-order chi connectivity index (χ0) is 33.4. The molecule has 9 nitrogen and oxygen atoms in total. The van der Waals surface area contributed by atoms with Gasteiger partial charge in [-0.15, -0.1) is 0 Å². The van der Waals surface area contributed by atoms with Gasteiger partial charge in [0, 0.05) is 41.1 Å². The Morgan fingerprint density at radius 1 is 0.723 bits per heavy atom. The first-order valence-corrected chi connectivity index (χ1v) is 15.4. The van der Waals surface area contributed by atoms with Crippen LogP contribution in [0.4, 0.5) is 17.3 Å². The molecular weight excluding hydrogens is 586 g/mol. The highest BCUT2D eigenvalue weighted by molar-refractivity contribution is 6.10. The number of anilines is 3. The van der Waals surface area contributed by atoms with Gasteiger partial charge in [0.1, 0.15) is 11.0 Å². The maximum Gasteiger partial charge on any atom is 0.221 e. The van der Waals surface area contributed by atoms with Crippen LogP contribution in [0.2, 0.25) is 0 Å². The van der Waals surface area contributed by atoms with E-state index < -0.39 is 6.10 Å². The molecule has 6 N–H and O–H groups in total. The van der Waals surface area contributed by atoms with Gasteiger partial charge in [-0.25, -0.2) is 9.97 Å². The molecule has 0 aliphatic rings. The van der Waals surface area contributed by atoms with Crippen LogP contribution in [0, 0.1) is 27.7 Å². The predicted octanol–water partition coefficient (Wildman–Crippen LogP) is 7.20. The fourth-order valence-electron chi connectivity index (χ4n) is 6.00. The molecule has 236 valence electrons. The Bertz CT molecular complexity index is 2340. The molecule has 3 aromatic carbocycles. The van der Waals surface area contributed by atoms with Gasteiger partial charge in [0.15, 0.2) is 11.6 Å². The number of nitrogens with zero attached hydrogens (tertiary/aromatic N) is 4. The molecule has 1 amide bonds. The Hall–Kier alpha value is -5.67. The van der Waals surface area contributed by atoms with Crippen molar-refractivity contribution in [2.75, 3.05) is 16.8 Å². The van der Waals surface area contributed by atoms with Gasteiger partial charge in [0.25, 0.3) is 0 Å². The van der Waals surface area contributed by atoms with Gasteiger partial charge >= 0.3 is 0 Å². The number of benzene rings is 3. The van der Waals surface area contributed by atoms with Crippen LogP contribution in [0.5, 0.6) is 0 Å². The van der Waals surface area contributed by atoms with Crippen molar-refractivity contribution < 1.29 is 9.90 Å². The van der Waals surface area contributed by atoms with Crippen LogP contribution in [-0.2, 0) is 11.2 Å². The van der Waals surface area contributed by atoms with Crippen LogP contribution >= 0.6 is 0 Å². The first kappa shape index (κ1) is 31.3. The minimum absolute atomic E-state index is 0.131. The largest absolute Gasteiger partial charge is 0.388 e. The minimum atomic E-state index is -0.572. The molecule has 0 bridgehead atoms. The average molecular weight is 624 g/mol. The van der Waals surface area contributed by atoms with E-state index >= 15 is 0 Å². The summed E-state index contributed by atoms with van der Waals surface area (Å²) >= 11 is 0. The van der Waals surface area contributed by atoms with Crippen molar-refractivity contribution in [3.63, 3.8) is 0 Å². The van der Waals surface area contributed by atoms with Gasteiger partial charge in [-0.1, -0.05) is 48.0 Å². The van der Waals surface area contributed by atoms with Crippen LogP contribution in [0.25, 0.3) is 43.6 Å². The van der Waals surface area contributed by atoms with E-state index in [0.717, 1.165) is 60.4 Å². The number of nitrogen functional groups attached to an aromatic ring is 2. The van der Waals surface area contributed by atoms with Crippen LogP contribution in [0.15, 0.2) is 79.1 Å². The molecule has 0 saturated heterocycles. The summed E-state index contributed by atoms with van der Waals surface area (Å²) in [5.41, 5.74) is 22.3. The fourth-order valence-corrected chi connectivity index (χ4v) is 6.00. The van der Waals surface area contributed by atoms with Gasteiger partial charge in [0.05, 0.1) is 29.0 Å². The molecule has 0 aliphatic heterocycles. The van der Waals surface area contributed by atoms with Crippen molar-refractivity contribution in [2.24, 2.45) is 0 Å². The third-order valence-corrected chi connectivity index (χ3v) is 8.22. The summed E-state index contributed by atoms with van der Waals surface area (Å²) in [6, 6.07) is 22.2. The maximum atomic E-state index is 11.1. The highest BCUT2D eigenvalue weighted by atomic mass is 16.3. The van der Waals surface area contributed by atoms with E-state index in [-0.39, 0.29) is 5.91 Å². The number of rotatable bonds is 4. The number of aromatic nitrogens is 4. The first-order chi connectivity index (χ1) is 22.5. The number of nitrogens with two attached hydrogens (primary N) is 2. The number of fused-ring (bicyclic) bond motifs is 6. The number of carbonyl (C=O) groups excluding carboxylic acids is 1. The van der Waals surface area contributed by atoms with Gasteiger partial charge in [0.2, 0.25) is 5.91 Å². The zero-order valence-corrected chi connectivity index (χ0v) is 27.1. The number of carbonyl (C=O) groups is 1. The minimum Gasteiger partial charge on any atom is -0.388 e. The molecule has 4 heterocycles. The molecule has 4 aromatic heterocycles. The summed E-state index contributed by atoms with van der Waals surface area (Å²) in [6.07, 6.45) is 3.30. The molecular formula is C38H37N7O2. The third-order valence-electron chi connectivity index (χ3n) is 8.22. The molecule has 9 heteroatoms. The van der Waals surface area contributed by atoms with E-state index in [4.69, 9.17) is 11.5 Å². The normalized spacial score (nSPS) is 11.9. The Kier molecular flexibility index (Phi) is 8.40. The second kappa shape index (κ2) is 12.6. The lowest BCUT2D eigenvalue weighted by atomic mass is 9.96. The summed E-state index contributed by atoms with van der Waals surface area (Å²) in [6.45, 7) is 9.60. The number of nitrogens with one attached hydrogen (secondary N) is 1. The maximum absolute atomic E-state index is 11.1. The van der Waals surface area contributed by atoms with Gasteiger partial charge in [-0.2, -0.15) is 0 Å². The van der Waals surface area contributed by atoms with Gasteiger partial charge < -0.3 is 21.9 Å². The average Bonchev–Trinajstić information content (AvgIpc) is 3.00. The fraction of sp³-hybridized carbons (Fsp3) is 0.184. The quantitative estimate of drug-likeness (QED) is 0.150. The second-order valence-electron chi connectivity index (χ2n) is 12.2. The lowest BCUT2D eigenvalue weighted by molar-refractivity contribution is -0.114. The van der Waals surface area contributed by atoms with Crippen LogP contribution < -0.4 is 16.8 Å². The van der Waals surface area contributed by atoms with Crippen molar-refractivity contribution in [3.05, 3.63) is 113 Å². The van der Waals surface area contributed by atoms with Crippen molar-refractivity contribution in [1.82, 2.24) is 19.9 Å². The molecule has 1 atom stereocenters. The number of hydrogen-bond acceptors (Lipinski definition) is 8. The third kappa shape index (κ3) is 6.52. The predicted molar refractivity (Wildman–Crippen MR) is 191 cm³/mol. The summed E-state index contributed by atoms with van der Waals surface area (Å²) in [7, 11) is 0. The van der Waals surface area contributed by atoms with Gasteiger partial charge in [-0.05, 0) is 79.8 Å². The zero-order valence-electron chi connectivity index (χ0n) is 27.1. The Balaban J connectivity index is 0.000000172. The Morgan fingerprint density at radius 3 is 1.83 bits per heavy atom. The summed E-state index contributed by atoms with van der Waals surface area (Å²) in [4.78, 5) is 28.9. The van der Waals surface area contributed by atoms with Crippen molar-refractivity contribution in [1.29, 1.82) is 0 Å². The molecule has 0 radical (unpaired) electrons.